The summed E-state index contributed by atoms with van der Waals surface area (Å²) < 4.78 is 32.0. The zero-order valence-corrected chi connectivity index (χ0v) is 13.3. The fourth-order valence-electron chi connectivity index (χ4n) is 2.22. The highest BCUT2D eigenvalue weighted by Crippen LogP contribution is 2.23. The number of benzene rings is 1. The molecule has 1 heterocycles. The molecule has 0 aliphatic rings. The van der Waals surface area contributed by atoms with Crippen molar-refractivity contribution < 1.29 is 13.2 Å². The predicted molar refractivity (Wildman–Crippen MR) is 85.4 cm³/mol. The van der Waals surface area contributed by atoms with Crippen LogP contribution in [-0.4, -0.2) is 26.6 Å². The molecule has 118 valence electrons. The van der Waals surface area contributed by atoms with Gasteiger partial charge in [-0.2, -0.15) is 0 Å². The van der Waals surface area contributed by atoms with Gasteiger partial charge in [-0.15, -0.1) is 0 Å². The van der Waals surface area contributed by atoms with Crippen molar-refractivity contribution in [3.63, 3.8) is 0 Å². The lowest BCUT2D eigenvalue weighted by atomic mass is 10.1. The molecule has 0 bridgehead atoms. The van der Waals surface area contributed by atoms with E-state index in [1.165, 1.54) is 18.4 Å². The van der Waals surface area contributed by atoms with Crippen LogP contribution in [0.1, 0.15) is 11.1 Å². The first kappa shape index (κ1) is 16.3. The zero-order chi connectivity index (χ0) is 16.3. The van der Waals surface area contributed by atoms with E-state index in [4.69, 9.17) is 4.74 Å². The summed E-state index contributed by atoms with van der Waals surface area (Å²) in [6.07, 6.45) is 1.26. The summed E-state index contributed by atoms with van der Waals surface area (Å²) in [6, 6.07) is 4.54. The third-order valence-electron chi connectivity index (χ3n) is 3.27. The summed E-state index contributed by atoms with van der Waals surface area (Å²) in [5, 5.41) is 0.710. The van der Waals surface area contributed by atoms with Crippen LogP contribution in [0.4, 0.5) is 0 Å². The molecule has 0 radical (unpaired) electrons. The Balaban J connectivity index is 2.44. The van der Waals surface area contributed by atoms with E-state index in [2.05, 4.69) is 16.3 Å². The van der Waals surface area contributed by atoms with Crippen molar-refractivity contribution in [1.82, 2.24) is 9.71 Å². The van der Waals surface area contributed by atoms with E-state index >= 15 is 0 Å². The number of sulfonamides is 1. The van der Waals surface area contributed by atoms with Gasteiger partial charge in [0.2, 0.25) is 15.6 Å². The molecule has 2 aromatic rings. The largest absolute Gasteiger partial charge is 0.500 e. The van der Waals surface area contributed by atoms with Gasteiger partial charge in [0.1, 0.15) is 6.61 Å². The Morgan fingerprint density at radius 1 is 1.27 bits per heavy atom. The molecule has 1 aromatic carbocycles. The second-order valence-electron chi connectivity index (χ2n) is 4.91. The predicted octanol–water partition coefficient (Wildman–Crippen LogP) is 1.58. The van der Waals surface area contributed by atoms with Crippen LogP contribution < -0.4 is 10.3 Å². The van der Waals surface area contributed by atoms with E-state index in [0.717, 1.165) is 5.56 Å². The molecular formula is C15H18N2O4S. The first-order valence-electron chi connectivity index (χ1n) is 6.71. The Kier molecular flexibility index (Phi) is 4.68. The highest BCUT2D eigenvalue weighted by molar-refractivity contribution is 7.89. The van der Waals surface area contributed by atoms with Crippen molar-refractivity contribution in [3.8, 4) is 0 Å². The number of aryl methyl sites for hydroxylation is 2. The Bertz CT molecular complexity index is 869. The van der Waals surface area contributed by atoms with Gasteiger partial charge in [0.15, 0.2) is 0 Å². The van der Waals surface area contributed by atoms with E-state index in [1.807, 2.05) is 0 Å². The smallest absolute Gasteiger partial charge is 0.248 e. The molecule has 0 aliphatic heterocycles. The average molecular weight is 322 g/mol. The second kappa shape index (κ2) is 6.33. The third kappa shape index (κ3) is 3.37. The Hall–Kier alpha value is -2.12. The fraction of sp³-hybridized carbons (Fsp3) is 0.267. The topological polar surface area (TPSA) is 88.3 Å². The number of ether oxygens (including phenoxy) is 1. The van der Waals surface area contributed by atoms with E-state index in [1.54, 1.807) is 19.9 Å². The monoisotopic (exact) mass is 322 g/mol. The van der Waals surface area contributed by atoms with E-state index in [-0.39, 0.29) is 23.6 Å². The minimum atomic E-state index is -3.64. The van der Waals surface area contributed by atoms with Crippen LogP contribution in [0.25, 0.3) is 10.9 Å². The minimum Gasteiger partial charge on any atom is -0.500 e. The molecule has 22 heavy (non-hydrogen) atoms. The van der Waals surface area contributed by atoms with Gasteiger partial charge in [-0.1, -0.05) is 6.58 Å². The summed E-state index contributed by atoms with van der Waals surface area (Å²) in [6.45, 7) is 7.28. The highest BCUT2D eigenvalue weighted by Gasteiger charge is 2.16. The molecule has 0 aliphatic carbocycles. The van der Waals surface area contributed by atoms with Gasteiger partial charge < -0.3 is 9.72 Å². The lowest BCUT2D eigenvalue weighted by molar-refractivity contribution is 0.256. The van der Waals surface area contributed by atoms with Crippen LogP contribution in [0.15, 0.2) is 40.7 Å². The van der Waals surface area contributed by atoms with Gasteiger partial charge in [0.25, 0.3) is 0 Å². The number of aromatic nitrogens is 1. The zero-order valence-electron chi connectivity index (χ0n) is 12.5. The van der Waals surface area contributed by atoms with Crippen LogP contribution in [0.3, 0.4) is 0 Å². The molecule has 0 saturated carbocycles. The average Bonchev–Trinajstić information content (AvgIpc) is 2.44. The molecule has 2 rings (SSSR count). The normalized spacial score (nSPS) is 11.5. The number of hydrogen-bond acceptors (Lipinski definition) is 4. The number of fused-ring (bicyclic) bond motifs is 1. The van der Waals surface area contributed by atoms with Crippen molar-refractivity contribution in [3.05, 3.63) is 52.5 Å². The third-order valence-corrected chi connectivity index (χ3v) is 4.71. The lowest BCUT2D eigenvalue weighted by Crippen LogP contribution is -2.27. The molecule has 0 amide bonds. The fourth-order valence-corrected chi connectivity index (χ4v) is 3.35. The summed E-state index contributed by atoms with van der Waals surface area (Å²) in [5.41, 5.74) is 1.87. The Morgan fingerprint density at radius 2 is 2.00 bits per heavy atom. The molecule has 0 unspecified atom stereocenters. The quantitative estimate of drug-likeness (QED) is 0.624. The molecule has 7 heteroatoms. The first-order chi connectivity index (χ1) is 10.3. The summed E-state index contributed by atoms with van der Waals surface area (Å²) in [5.74, 6) is 0. The van der Waals surface area contributed by atoms with Crippen molar-refractivity contribution in [2.45, 2.75) is 18.7 Å². The number of hydrogen-bond donors (Lipinski definition) is 2. The van der Waals surface area contributed by atoms with Gasteiger partial charge in [0.05, 0.1) is 16.7 Å². The number of nitrogens with one attached hydrogen (secondary N) is 2. The van der Waals surface area contributed by atoms with Crippen LogP contribution in [-0.2, 0) is 14.8 Å². The molecular weight excluding hydrogens is 304 g/mol. The van der Waals surface area contributed by atoms with Crippen LogP contribution in [0.5, 0.6) is 0 Å². The molecule has 2 N–H and O–H groups in total. The van der Waals surface area contributed by atoms with Gasteiger partial charge >= 0.3 is 0 Å². The minimum absolute atomic E-state index is 0.149. The molecule has 1 aromatic heterocycles. The van der Waals surface area contributed by atoms with Crippen molar-refractivity contribution in [2.24, 2.45) is 0 Å². The number of rotatable bonds is 6. The molecule has 6 nitrogen and oxygen atoms in total. The maximum Gasteiger partial charge on any atom is 0.248 e. The first-order valence-corrected chi connectivity index (χ1v) is 8.20. The maximum atomic E-state index is 12.3. The van der Waals surface area contributed by atoms with E-state index < -0.39 is 10.0 Å². The van der Waals surface area contributed by atoms with Crippen molar-refractivity contribution in [1.29, 1.82) is 0 Å². The van der Waals surface area contributed by atoms with Gasteiger partial charge in [-0.05, 0) is 37.1 Å². The molecule has 0 spiro atoms. The van der Waals surface area contributed by atoms with E-state index in [0.29, 0.717) is 16.5 Å². The second-order valence-corrected chi connectivity index (χ2v) is 6.68. The van der Waals surface area contributed by atoms with Gasteiger partial charge in [0, 0.05) is 18.0 Å². The standard InChI is InChI=1S/C15H18N2O4S/c1-4-21-6-5-16-22(19,20)12-7-11(3)15-13(9-12)10(2)8-14(18)17-15/h4,7-9,16H,1,5-6H2,2-3H3,(H,17,18). The number of pyridine rings is 1. The van der Waals surface area contributed by atoms with Crippen molar-refractivity contribution >= 4 is 20.9 Å². The SMILES string of the molecule is C=COCCNS(=O)(=O)c1cc(C)c2[nH]c(=O)cc(C)c2c1. The summed E-state index contributed by atoms with van der Waals surface area (Å²) in [7, 11) is -3.64. The van der Waals surface area contributed by atoms with Crippen LogP contribution in [0.2, 0.25) is 0 Å². The Labute approximate surface area is 128 Å². The van der Waals surface area contributed by atoms with Crippen LogP contribution in [0, 0.1) is 13.8 Å². The van der Waals surface area contributed by atoms with Crippen molar-refractivity contribution in [2.75, 3.05) is 13.2 Å². The summed E-state index contributed by atoms with van der Waals surface area (Å²) in [4.78, 5) is 14.4. The number of aromatic amines is 1. The Morgan fingerprint density at radius 3 is 2.68 bits per heavy atom. The van der Waals surface area contributed by atoms with Gasteiger partial charge in [-0.3, -0.25) is 4.79 Å². The molecule has 0 atom stereocenters. The molecule has 0 saturated heterocycles. The summed E-state index contributed by atoms with van der Waals surface area (Å²) >= 11 is 0. The number of H-pyrrole nitrogens is 1. The molecule has 0 fully saturated rings. The van der Waals surface area contributed by atoms with Crippen LogP contribution >= 0.6 is 0 Å². The van der Waals surface area contributed by atoms with E-state index in [9.17, 15) is 13.2 Å². The lowest BCUT2D eigenvalue weighted by Gasteiger charge is -2.11. The van der Waals surface area contributed by atoms with Gasteiger partial charge in [-0.25, -0.2) is 13.1 Å². The maximum absolute atomic E-state index is 12.3. The highest BCUT2D eigenvalue weighted by atomic mass is 32.2.